The third-order valence-corrected chi connectivity index (χ3v) is 4.04. The van der Waals surface area contributed by atoms with Gasteiger partial charge < -0.3 is 14.6 Å². The smallest absolute Gasteiger partial charge is 0.169 e. The lowest BCUT2D eigenvalue weighted by molar-refractivity contribution is -0.214. The number of aliphatic hydroxyl groups is 1. The molecule has 14 heavy (non-hydrogen) atoms. The van der Waals surface area contributed by atoms with Gasteiger partial charge in [0.05, 0.1) is 19.3 Å². The molecule has 1 heterocycles. The Labute approximate surface area is 84.4 Å². The summed E-state index contributed by atoms with van der Waals surface area (Å²) >= 11 is 0. The van der Waals surface area contributed by atoms with Crippen LogP contribution in [-0.4, -0.2) is 30.2 Å². The number of hydrogen-bond donors (Lipinski definition) is 1. The van der Waals surface area contributed by atoms with Crippen LogP contribution in [0, 0.1) is 11.8 Å². The van der Waals surface area contributed by atoms with Crippen molar-refractivity contribution < 1.29 is 14.6 Å². The van der Waals surface area contributed by atoms with Crippen LogP contribution in [0.2, 0.25) is 0 Å². The summed E-state index contributed by atoms with van der Waals surface area (Å²) in [5.74, 6) is 0.825. The van der Waals surface area contributed by atoms with E-state index in [0.29, 0.717) is 5.92 Å². The topological polar surface area (TPSA) is 38.7 Å². The zero-order chi connectivity index (χ0) is 9.60. The standard InChI is InChI=1S/C11H18O3/c12-10-2-1-8-5-9(10)7-11(6-8)13-3-4-14-11/h8-10,12H,1-7H2/t8-,9-,10-/m0/s1. The molecule has 3 heteroatoms. The van der Waals surface area contributed by atoms with E-state index in [4.69, 9.17) is 9.47 Å². The maximum Gasteiger partial charge on any atom is 0.169 e. The maximum atomic E-state index is 9.85. The lowest BCUT2D eigenvalue weighted by Gasteiger charge is -2.45. The van der Waals surface area contributed by atoms with E-state index in [1.54, 1.807) is 0 Å². The first-order valence-electron chi connectivity index (χ1n) is 5.73. The molecule has 0 radical (unpaired) electrons. The van der Waals surface area contributed by atoms with E-state index < -0.39 is 0 Å². The Morgan fingerprint density at radius 3 is 2.64 bits per heavy atom. The lowest BCUT2D eigenvalue weighted by atomic mass is 9.68. The van der Waals surface area contributed by atoms with Gasteiger partial charge in [0.25, 0.3) is 0 Å². The third kappa shape index (κ3) is 1.38. The van der Waals surface area contributed by atoms with Crippen LogP contribution in [0.5, 0.6) is 0 Å². The van der Waals surface area contributed by atoms with E-state index in [1.807, 2.05) is 0 Å². The van der Waals surface area contributed by atoms with Crippen LogP contribution in [0.3, 0.4) is 0 Å². The summed E-state index contributed by atoms with van der Waals surface area (Å²) in [7, 11) is 0. The van der Waals surface area contributed by atoms with Crippen molar-refractivity contribution in [2.45, 2.75) is 44.0 Å². The largest absolute Gasteiger partial charge is 0.393 e. The number of rotatable bonds is 0. The highest BCUT2D eigenvalue weighted by Crippen LogP contribution is 2.47. The molecule has 0 amide bonds. The lowest BCUT2D eigenvalue weighted by Crippen LogP contribution is -2.46. The minimum Gasteiger partial charge on any atom is -0.393 e. The van der Waals surface area contributed by atoms with Crippen molar-refractivity contribution in [1.29, 1.82) is 0 Å². The molecule has 3 aliphatic rings. The van der Waals surface area contributed by atoms with E-state index in [2.05, 4.69) is 0 Å². The summed E-state index contributed by atoms with van der Waals surface area (Å²) in [6.07, 6.45) is 5.14. The molecule has 1 aliphatic heterocycles. The van der Waals surface area contributed by atoms with Crippen LogP contribution in [-0.2, 0) is 9.47 Å². The van der Waals surface area contributed by atoms with Gasteiger partial charge in [-0.05, 0) is 31.1 Å². The van der Waals surface area contributed by atoms with Gasteiger partial charge >= 0.3 is 0 Å². The van der Waals surface area contributed by atoms with Crippen LogP contribution in [0.4, 0.5) is 0 Å². The molecular formula is C11H18O3. The first kappa shape index (κ1) is 9.13. The fourth-order valence-corrected chi connectivity index (χ4v) is 3.41. The third-order valence-electron chi connectivity index (χ3n) is 4.04. The van der Waals surface area contributed by atoms with E-state index >= 15 is 0 Å². The van der Waals surface area contributed by atoms with E-state index in [0.717, 1.165) is 44.8 Å². The molecule has 0 unspecified atom stereocenters. The van der Waals surface area contributed by atoms with Crippen LogP contribution in [0.15, 0.2) is 0 Å². The average molecular weight is 198 g/mol. The quantitative estimate of drug-likeness (QED) is 0.637. The van der Waals surface area contributed by atoms with Gasteiger partial charge in [0, 0.05) is 12.8 Å². The Hall–Kier alpha value is -0.120. The van der Waals surface area contributed by atoms with Crippen LogP contribution in [0.1, 0.15) is 32.1 Å². The molecule has 3 rings (SSSR count). The second-order valence-electron chi connectivity index (χ2n) is 5.02. The summed E-state index contributed by atoms with van der Waals surface area (Å²) in [4.78, 5) is 0. The molecule has 0 aromatic heterocycles. The first-order valence-corrected chi connectivity index (χ1v) is 5.73. The Morgan fingerprint density at radius 1 is 1.07 bits per heavy atom. The zero-order valence-electron chi connectivity index (χ0n) is 8.45. The summed E-state index contributed by atoms with van der Waals surface area (Å²) in [6.45, 7) is 1.46. The molecule has 0 aromatic carbocycles. The Balaban J connectivity index is 1.78. The molecule has 2 aliphatic carbocycles. The van der Waals surface area contributed by atoms with Crippen molar-refractivity contribution in [3.05, 3.63) is 0 Å². The summed E-state index contributed by atoms with van der Waals surface area (Å²) in [5, 5.41) is 9.85. The fraction of sp³-hybridized carbons (Fsp3) is 1.00. The van der Waals surface area contributed by atoms with Crippen LogP contribution in [0.25, 0.3) is 0 Å². The minimum absolute atomic E-state index is 0.115. The molecule has 1 N–H and O–H groups in total. The first-order chi connectivity index (χ1) is 6.77. The monoisotopic (exact) mass is 198 g/mol. The summed E-state index contributed by atoms with van der Waals surface area (Å²) < 4.78 is 11.5. The molecule has 80 valence electrons. The molecule has 0 aromatic rings. The molecule has 2 saturated carbocycles. The second-order valence-corrected chi connectivity index (χ2v) is 5.02. The molecule has 1 saturated heterocycles. The van der Waals surface area contributed by atoms with Crippen LogP contribution >= 0.6 is 0 Å². The van der Waals surface area contributed by atoms with Gasteiger partial charge in [0.1, 0.15) is 0 Å². The summed E-state index contributed by atoms with van der Waals surface area (Å²) in [6, 6.07) is 0. The van der Waals surface area contributed by atoms with Crippen molar-refractivity contribution >= 4 is 0 Å². The van der Waals surface area contributed by atoms with E-state index in [9.17, 15) is 5.11 Å². The van der Waals surface area contributed by atoms with Crippen LogP contribution < -0.4 is 0 Å². The molecule has 3 nitrogen and oxygen atoms in total. The van der Waals surface area contributed by atoms with Crippen molar-refractivity contribution in [1.82, 2.24) is 0 Å². The van der Waals surface area contributed by atoms with Crippen molar-refractivity contribution in [2.24, 2.45) is 11.8 Å². The highest BCUT2D eigenvalue weighted by molar-refractivity contribution is 4.93. The van der Waals surface area contributed by atoms with Gasteiger partial charge in [-0.1, -0.05) is 0 Å². The predicted octanol–water partition coefficient (Wildman–Crippen LogP) is 1.30. The molecule has 1 spiro atoms. The molecular weight excluding hydrogens is 180 g/mol. The summed E-state index contributed by atoms with van der Waals surface area (Å²) in [5.41, 5.74) is 0. The number of hydrogen-bond acceptors (Lipinski definition) is 3. The molecule has 2 bridgehead atoms. The van der Waals surface area contributed by atoms with Gasteiger partial charge in [-0.25, -0.2) is 0 Å². The highest BCUT2D eigenvalue weighted by atomic mass is 16.7. The average Bonchev–Trinajstić information content (AvgIpc) is 2.60. The van der Waals surface area contributed by atoms with E-state index in [1.165, 1.54) is 6.42 Å². The van der Waals surface area contributed by atoms with Gasteiger partial charge in [-0.3, -0.25) is 0 Å². The Morgan fingerprint density at radius 2 is 1.86 bits per heavy atom. The van der Waals surface area contributed by atoms with E-state index in [-0.39, 0.29) is 11.9 Å². The van der Waals surface area contributed by atoms with Gasteiger partial charge in [-0.2, -0.15) is 0 Å². The predicted molar refractivity (Wildman–Crippen MR) is 50.7 cm³/mol. The SMILES string of the molecule is O[C@H]1CC[C@H]2C[C@H]1CC1(C2)OCCO1. The van der Waals surface area contributed by atoms with Crippen molar-refractivity contribution in [2.75, 3.05) is 13.2 Å². The number of ether oxygens (including phenoxy) is 2. The normalized spacial score (nSPS) is 45.6. The van der Waals surface area contributed by atoms with Gasteiger partial charge in [0.15, 0.2) is 5.79 Å². The molecule has 3 atom stereocenters. The number of aliphatic hydroxyl groups excluding tert-OH is 1. The Bertz CT molecular complexity index is 223. The van der Waals surface area contributed by atoms with Crippen molar-refractivity contribution in [3.63, 3.8) is 0 Å². The minimum atomic E-state index is -0.311. The van der Waals surface area contributed by atoms with Gasteiger partial charge in [-0.15, -0.1) is 0 Å². The highest BCUT2D eigenvalue weighted by Gasteiger charge is 2.48. The fourth-order valence-electron chi connectivity index (χ4n) is 3.41. The zero-order valence-corrected chi connectivity index (χ0v) is 8.45. The molecule has 3 fully saturated rings. The number of fused-ring (bicyclic) bond motifs is 2. The second kappa shape index (κ2) is 3.19. The van der Waals surface area contributed by atoms with Crippen molar-refractivity contribution in [3.8, 4) is 0 Å². The van der Waals surface area contributed by atoms with Gasteiger partial charge in [0.2, 0.25) is 0 Å². The Kier molecular flexibility index (Phi) is 2.08. The maximum absolute atomic E-state index is 9.85.